The molecule has 0 radical (unpaired) electrons. The van der Waals surface area contributed by atoms with E-state index in [1.807, 2.05) is 49.4 Å². The molecular formula is C25H32N2O5. The minimum absolute atomic E-state index is 0.0134. The molecule has 1 aliphatic heterocycles. The van der Waals surface area contributed by atoms with Crippen LogP contribution in [-0.4, -0.2) is 57.7 Å². The first-order valence-electron chi connectivity index (χ1n) is 10.9. The average Bonchev–Trinajstić information content (AvgIpc) is 3.28. The largest absolute Gasteiger partial charge is 0.493 e. The molecule has 172 valence electrons. The zero-order chi connectivity index (χ0) is 23.1. The van der Waals surface area contributed by atoms with Gasteiger partial charge in [-0.2, -0.15) is 0 Å². The zero-order valence-electron chi connectivity index (χ0n) is 19.2. The molecule has 3 rings (SSSR count). The first kappa shape index (κ1) is 23.4. The Morgan fingerprint density at radius 2 is 1.66 bits per heavy atom. The Morgan fingerprint density at radius 1 is 1.00 bits per heavy atom. The lowest BCUT2D eigenvalue weighted by molar-refractivity contribution is -0.130. The number of ether oxygens (including phenoxy) is 3. The van der Waals surface area contributed by atoms with Gasteiger partial charge >= 0.3 is 0 Å². The molecule has 7 heteroatoms. The standard InChI is InChI=1S/C25H32N2O5/c1-5-11-26-25(29)20-16-27(23(28)12-17-9-7-6-8-10-17)15-19(20)18-13-21(30-2)24(32-4)22(14-18)31-3/h6-10,13-14,19-20H,5,11-12,15-16H2,1-4H3,(H,26,29)/t19-,20-/m0/s1. The molecule has 0 aromatic heterocycles. The molecule has 0 saturated carbocycles. The highest BCUT2D eigenvalue weighted by Gasteiger charge is 2.40. The summed E-state index contributed by atoms with van der Waals surface area (Å²) in [5.41, 5.74) is 1.84. The third-order valence-corrected chi connectivity index (χ3v) is 5.87. The highest BCUT2D eigenvalue weighted by molar-refractivity contribution is 5.84. The summed E-state index contributed by atoms with van der Waals surface area (Å²) >= 11 is 0. The van der Waals surface area contributed by atoms with E-state index in [1.54, 1.807) is 26.2 Å². The van der Waals surface area contributed by atoms with Crippen molar-refractivity contribution in [3.05, 3.63) is 53.6 Å². The molecule has 32 heavy (non-hydrogen) atoms. The van der Waals surface area contributed by atoms with Crippen molar-refractivity contribution in [1.82, 2.24) is 10.2 Å². The highest BCUT2D eigenvalue weighted by Crippen LogP contribution is 2.43. The zero-order valence-corrected chi connectivity index (χ0v) is 19.2. The summed E-state index contributed by atoms with van der Waals surface area (Å²) in [4.78, 5) is 27.8. The molecule has 1 fully saturated rings. The van der Waals surface area contributed by atoms with Crippen LogP contribution < -0.4 is 19.5 Å². The van der Waals surface area contributed by atoms with E-state index < -0.39 is 0 Å². The van der Waals surface area contributed by atoms with Gasteiger partial charge in [0.2, 0.25) is 17.6 Å². The Balaban J connectivity index is 1.90. The van der Waals surface area contributed by atoms with E-state index in [0.29, 0.717) is 43.3 Å². The predicted molar refractivity (Wildman–Crippen MR) is 122 cm³/mol. The number of methoxy groups -OCH3 is 3. The van der Waals surface area contributed by atoms with E-state index in [0.717, 1.165) is 17.5 Å². The number of carbonyl (C=O) groups excluding carboxylic acids is 2. The molecular weight excluding hydrogens is 408 g/mol. The number of hydrogen-bond donors (Lipinski definition) is 1. The van der Waals surface area contributed by atoms with Gasteiger partial charge in [0.05, 0.1) is 33.7 Å². The van der Waals surface area contributed by atoms with Crippen LogP contribution in [0, 0.1) is 5.92 Å². The topological polar surface area (TPSA) is 77.1 Å². The van der Waals surface area contributed by atoms with Crippen LogP contribution >= 0.6 is 0 Å². The number of amides is 2. The van der Waals surface area contributed by atoms with Crippen molar-refractivity contribution in [2.24, 2.45) is 5.92 Å². The highest BCUT2D eigenvalue weighted by atomic mass is 16.5. The minimum Gasteiger partial charge on any atom is -0.493 e. The van der Waals surface area contributed by atoms with Crippen LogP contribution in [0.3, 0.4) is 0 Å². The van der Waals surface area contributed by atoms with Gasteiger partial charge in [0.1, 0.15) is 0 Å². The van der Waals surface area contributed by atoms with E-state index in [2.05, 4.69) is 5.32 Å². The molecule has 2 atom stereocenters. The van der Waals surface area contributed by atoms with E-state index in [-0.39, 0.29) is 23.7 Å². The Bertz CT molecular complexity index is 906. The van der Waals surface area contributed by atoms with Gasteiger partial charge in [-0.3, -0.25) is 9.59 Å². The molecule has 7 nitrogen and oxygen atoms in total. The predicted octanol–water partition coefficient (Wildman–Crippen LogP) is 3.02. The number of benzene rings is 2. The van der Waals surface area contributed by atoms with Crippen LogP contribution in [0.25, 0.3) is 0 Å². The molecule has 2 aromatic rings. The summed E-state index contributed by atoms with van der Waals surface area (Å²) in [6, 6.07) is 13.4. The average molecular weight is 441 g/mol. The van der Waals surface area contributed by atoms with E-state index >= 15 is 0 Å². The smallest absolute Gasteiger partial charge is 0.227 e. The molecule has 0 bridgehead atoms. The van der Waals surface area contributed by atoms with Gasteiger partial charge < -0.3 is 24.4 Å². The summed E-state index contributed by atoms with van der Waals surface area (Å²) in [5, 5.41) is 3.00. The third kappa shape index (κ3) is 5.15. The van der Waals surface area contributed by atoms with Crippen molar-refractivity contribution in [1.29, 1.82) is 0 Å². The van der Waals surface area contributed by atoms with Crippen LogP contribution in [0.2, 0.25) is 0 Å². The molecule has 0 aliphatic carbocycles. The second kappa shape index (κ2) is 10.9. The van der Waals surface area contributed by atoms with E-state index in [4.69, 9.17) is 14.2 Å². The van der Waals surface area contributed by atoms with Crippen LogP contribution in [-0.2, 0) is 16.0 Å². The molecule has 2 amide bonds. The minimum atomic E-state index is -0.357. The van der Waals surface area contributed by atoms with Gasteiger partial charge in [-0.1, -0.05) is 37.3 Å². The number of nitrogens with one attached hydrogen (secondary N) is 1. The molecule has 0 spiro atoms. The number of likely N-dealkylation sites (tertiary alicyclic amines) is 1. The van der Waals surface area contributed by atoms with Gasteiger partial charge in [0.15, 0.2) is 11.5 Å². The van der Waals surface area contributed by atoms with Crippen molar-refractivity contribution < 1.29 is 23.8 Å². The Labute approximate surface area is 189 Å². The van der Waals surface area contributed by atoms with Crippen molar-refractivity contribution >= 4 is 11.8 Å². The number of hydrogen-bond acceptors (Lipinski definition) is 5. The van der Waals surface area contributed by atoms with Crippen molar-refractivity contribution in [2.45, 2.75) is 25.7 Å². The Hall–Kier alpha value is -3.22. The number of carbonyl (C=O) groups is 2. The van der Waals surface area contributed by atoms with Gasteiger partial charge in [0, 0.05) is 25.6 Å². The number of rotatable bonds is 9. The maximum Gasteiger partial charge on any atom is 0.227 e. The molecule has 1 saturated heterocycles. The second-order valence-electron chi connectivity index (χ2n) is 7.92. The first-order valence-corrected chi connectivity index (χ1v) is 10.9. The Kier molecular flexibility index (Phi) is 7.98. The Morgan fingerprint density at radius 3 is 2.22 bits per heavy atom. The van der Waals surface area contributed by atoms with Crippen LogP contribution in [0.15, 0.2) is 42.5 Å². The summed E-state index contributed by atoms with van der Waals surface area (Å²) in [6.07, 6.45) is 1.16. The van der Waals surface area contributed by atoms with Crippen LogP contribution in [0.4, 0.5) is 0 Å². The van der Waals surface area contributed by atoms with Gasteiger partial charge in [-0.15, -0.1) is 0 Å². The van der Waals surface area contributed by atoms with Crippen LogP contribution in [0.1, 0.15) is 30.4 Å². The summed E-state index contributed by atoms with van der Waals surface area (Å²) in [6.45, 7) is 3.45. The van der Waals surface area contributed by atoms with E-state index in [1.165, 1.54) is 0 Å². The van der Waals surface area contributed by atoms with Gasteiger partial charge in [0.25, 0.3) is 0 Å². The first-order chi connectivity index (χ1) is 15.5. The van der Waals surface area contributed by atoms with Crippen molar-refractivity contribution in [3.63, 3.8) is 0 Å². The molecule has 1 N–H and O–H groups in total. The lowest BCUT2D eigenvalue weighted by Gasteiger charge is -2.21. The summed E-state index contributed by atoms with van der Waals surface area (Å²) in [7, 11) is 4.69. The summed E-state index contributed by atoms with van der Waals surface area (Å²) in [5.74, 6) is 0.998. The molecule has 1 heterocycles. The van der Waals surface area contributed by atoms with Gasteiger partial charge in [-0.05, 0) is 29.7 Å². The quantitative estimate of drug-likeness (QED) is 0.649. The van der Waals surface area contributed by atoms with Crippen molar-refractivity contribution in [3.8, 4) is 17.2 Å². The molecule has 1 aliphatic rings. The SMILES string of the molecule is CCCNC(=O)[C@H]1CN(C(=O)Cc2ccccc2)C[C@H]1c1cc(OC)c(OC)c(OC)c1. The molecule has 2 aromatic carbocycles. The fourth-order valence-electron chi connectivity index (χ4n) is 4.19. The van der Waals surface area contributed by atoms with Crippen molar-refractivity contribution in [2.75, 3.05) is 41.0 Å². The lowest BCUT2D eigenvalue weighted by atomic mass is 9.88. The number of nitrogens with zero attached hydrogens (tertiary/aromatic N) is 1. The lowest BCUT2D eigenvalue weighted by Crippen LogP contribution is -2.36. The fraction of sp³-hybridized carbons (Fsp3) is 0.440. The fourth-order valence-corrected chi connectivity index (χ4v) is 4.19. The molecule has 0 unspecified atom stereocenters. The third-order valence-electron chi connectivity index (χ3n) is 5.87. The van der Waals surface area contributed by atoms with E-state index in [9.17, 15) is 9.59 Å². The summed E-state index contributed by atoms with van der Waals surface area (Å²) < 4.78 is 16.4. The maximum absolute atomic E-state index is 13.0. The maximum atomic E-state index is 13.0. The van der Waals surface area contributed by atoms with Gasteiger partial charge in [-0.25, -0.2) is 0 Å². The normalized spacial score (nSPS) is 17.7. The second-order valence-corrected chi connectivity index (χ2v) is 7.92. The van der Waals surface area contributed by atoms with Crippen LogP contribution in [0.5, 0.6) is 17.2 Å². The monoisotopic (exact) mass is 440 g/mol.